The highest BCUT2D eigenvalue weighted by Gasteiger charge is 2.25. The van der Waals surface area contributed by atoms with Gasteiger partial charge in [-0.2, -0.15) is 0 Å². The lowest BCUT2D eigenvalue weighted by atomic mass is 10.1. The van der Waals surface area contributed by atoms with Crippen LogP contribution in [0.5, 0.6) is 0 Å². The number of hydrogen-bond donors (Lipinski definition) is 0. The molecular weight excluding hydrogens is 448 g/mol. The number of halogens is 1. The van der Waals surface area contributed by atoms with Crippen LogP contribution in [0.25, 0.3) is 21.0 Å². The van der Waals surface area contributed by atoms with Gasteiger partial charge in [0.05, 0.1) is 15.3 Å². The number of anilines is 1. The number of benzene rings is 2. The normalized spacial score (nSPS) is 14.3. The highest BCUT2D eigenvalue weighted by molar-refractivity contribution is 7.21. The van der Waals surface area contributed by atoms with Crippen molar-refractivity contribution in [3.8, 4) is 0 Å². The molecule has 3 heterocycles. The lowest BCUT2D eigenvalue weighted by molar-refractivity contribution is -0.384. The van der Waals surface area contributed by atoms with E-state index in [0.717, 1.165) is 32.2 Å². The predicted octanol–water partition coefficient (Wildman–Crippen LogP) is 5.28. The van der Waals surface area contributed by atoms with Crippen LogP contribution in [0.15, 0.2) is 48.5 Å². The van der Waals surface area contributed by atoms with Crippen LogP contribution in [-0.4, -0.2) is 46.9 Å². The first-order chi connectivity index (χ1) is 15.4. The van der Waals surface area contributed by atoms with Crippen LogP contribution in [0, 0.1) is 17.0 Å². The van der Waals surface area contributed by atoms with Gasteiger partial charge in [0.25, 0.3) is 11.6 Å². The maximum absolute atomic E-state index is 13.2. The number of non-ortho nitro benzene ring substituents is 1. The Balaban J connectivity index is 1.36. The van der Waals surface area contributed by atoms with E-state index in [2.05, 4.69) is 16.0 Å². The number of aromatic nitrogens is 1. The molecule has 0 spiro atoms. The van der Waals surface area contributed by atoms with Crippen LogP contribution in [0.3, 0.4) is 0 Å². The summed E-state index contributed by atoms with van der Waals surface area (Å²) in [5.74, 6) is -0.00795. The van der Waals surface area contributed by atoms with E-state index >= 15 is 0 Å². The van der Waals surface area contributed by atoms with Crippen LogP contribution in [0.1, 0.15) is 15.2 Å². The Hall–Kier alpha value is -3.23. The third-order valence-corrected chi connectivity index (χ3v) is 7.22. The van der Waals surface area contributed by atoms with Gasteiger partial charge in [-0.15, -0.1) is 11.3 Å². The van der Waals surface area contributed by atoms with Gasteiger partial charge in [0.1, 0.15) is 5.15 Å². The summed E-state index contributed by atoms with van der Waals surface area (Å²) in [4.78, 5) is 32.8. The third-order valence-electron chi connectivity index (χ3n) is 5.77. The summed E-state index contributed by atoms with van der Waals surface area (Å²) in [6, 6.07) is 14.4. The molecule has 1 saturated heterocycles. The van der Waals surface area contributed by atoms with Crippen molar-refractivity contribution in [2.24, 2.45) is 0 Å². The standard InChI is InChI=1S/C23H19ClN4O3S/c1-14-2-7-19-17(12-14)21-18(22(24)25-19)13-20(32-21)23(29)27-10-8-26(9-11-27)15-3-5-16(6-4-15)28(30)31/h2-7,12-13H,8-11H2,1H3. The van der Waals surface area contributed by atoms with Crippen molar-refractivity contribution >= 4 is 61.2 Å². The Kier molecular flexibility index (Phi) is 5.19. The van der Waals surface area contributed by atoms with Crippen molar-refractivity contribution in [1.29, 1.82) is 0 Å². The number of aryl methyl sites for hydroxylation is 1. The average Bonchev–Trinajstić information content (AvgIpc) is 3.26. The van der Waals surface area contributed by atoms with E-state index in [-0.39, 0.29) is 11.6 Å². The largest absolute Gasteiger partial charge is 0.368 e. The third kappa shape index (κ3) is 3.65. The maximum atomic E-state index is 13.2. The van der Waals surface area contributed by atoms with Gasteiger partial charge in [0.15, 0.2) is 0 Å². The Morgan fingerprint density at radius 1 is 1.06 bits per heavy atom. The average molecular weight is 467 g/mol. The molecule has 9 heteroatoms. The summed E-state index contributed by atoms with van der Waals surface area (Å²) in [6.45, 7) is 4.52. The Labute approximate surface area is 193 Å². The Bertz CT molecular complexity index is 1360. The van der Waals surface area contributed by atoms with Gasteiger partial charge >= 0.3 is 0 Å². The zero-order valence-electron chi connectivity index (χ0n) is 17.2. The van der Waals surface area contributed by atoms with Gasteiger partial charge in [-0.25, -0.2) is 4.98 Å². The first-order valence-electron chi connectivity index (χ1n) is 10.2. The van der Waals surface area contributed by atoms with Crippen molar-refractivity contribution in [2.45, 2.75) is 6.92 Å². The predicted molar refractivity (Wildman–Crippen MR) is 128 cm³/mol. The summed E-state index contributed by atoms with van der Waals surface area (Å²) < 4.78 is 0.983. The number of pyridine rings is 1. The summed E-state index contributed by atoms with van der Waals surface area (Å²) in [5.41, 5.74) is 2.95. The molecule has 1 fully saturated rings. The van der Waals surface area contributed by atoms with Crippen molar-refractivity contribution in [1.82, 2.24) is 9.88 Å². The molecule has 0 unspecified atom stereocenters. The van der Waals surface area contributed by atoms with Gasteiger partial charge in [-0.3, -0.25) is 14.9 Å². The number of piperazine rings is 1. The number of carbonyl (C=O) groups is 1. The minimum Gasteiger partial charge on any atom is -0.368 e. The number of carbonyl (C=O) groups excluding carboxylic acids is 1. The molecule has 0 saturated carbocycles. The summed E-state index contributed by atoms with van der Waals surface area (Å²) in [5, 5.41) is 13.1. The molecule has 1 amide bonds. The zero-order valence-corrected chi connectivity index (χ0v) is 18.8. The fourth-order valence-corrected chi connectivity index (χ4v) is 5.50. The molecule has 7 nitrogen and oxygen atoms in total. The van der Waals surface area contributed by atoms with Gasteiger partial charge in [-0.05, 0) is 37.3 Å². The second-order valence-electron chi connectivity index (χ2n) is 7.83. The quantitative estimate of drug-likeness (QED) is 0.233. The van der Waals surface area contributed by atoms with E-state index in [1.165, 1.54) is 23.5 Å². The number of hydrogen-bond acceptors (Lipinski definition) is 6. The molecule has 0 bridgehead atoms. The SMILES string of the molecule is Cc1ccc2nc(Cl)c3cc(C(=O)N4CCN(c5ccc([N+](=O)[O-])cc5)CC4)sc3c2c1. The smallest absolute Gasteiger partial charge is 0.269 e. The number of nitro benzene ring substituents is 1. The van der Waals surface area contributed by atoms with Crippen LogP contribution in [0.2, 0.25) is 5.15 Å². The Morgan fingerprint density at radius 2 is 1.78 bits per heavy atom. The number of rotatable bonds is 3. The maximum Gasteiger partial charge on any atom is 0.269 e. The van der Waals surface area contributed by atoms with Crippen LogP contribution in [-0.2, 0) is 0 Å². The number of fused-ring (bicyclic) bond motifs is 3. The zero-order chi connectivity index (χ0) is 22.4. The molecule has 2 aromatic carbocycles. The minimum absolute atomic E-state index is 0.00795. The Morgan fingerprint density at radius 3 is 2.47 bits per heavy atom. The van der Waals surface area contributed by atoms with E-state index < -0.39 is 4.92 Å². The number of amides is 1. The van der Waals surface area contributed by atoms with Gasteiger partial charge in [0, 0.05) is 59.5 Å². The molecule has 1 aliphatic rings. The fourth-order valence-electron chi connectivity index (χ4n) is 4.05. The number of nitrogens with zero attached hydrogens (tertiary/aromatic N) is 4. The first-order valence-corrected chi connectivity index (χ1v) is 11.4. The molecule has 0 N–H and O–H groups in total. The summed E-state index contributed by atoms with van der Waals surface area (Å²) in [6.07, 6.45) is 0. The first kappa shape index (κ1) is 20.7. The van der Waals surface area contributed by atoms with Crippen molar-refractivity contribution < 1.29 is 9.72 Å². The highest BCUT2D eigenvalue weighted by Crippen LogP contribution is 2.36. The van der Waals surface area contributed by atoms with Crippen LogP contribution in [0.4, 0.5) is 11.4 Å². The van der Waals surface area contributed by atoms with E-state index in [1.54, 1.807) is 12.1 Å². The van der Waals surface area contributed by atoms with E-state index in [9.17, 15) is 14.9 Å². The number of thiophene rings is 1. The molecule has 1 aliphatic heterocycles. The molecule has 162 valence electrons. The van der Waals surface area contributed by atoms with E-state index in [0.29, 0.717) is 36.2 Å². The van der Waals surface area contributed by atoms with Crippen LogP contribution >= 0.6 is 22.9 Å². The van der Waals surface area contributed by atoms with Crippen molar-refractivity contribution in [3.05, 3.63) is 74.2 Å². The highest BCUT2D eigenvalue weighted by atomic mass is 35.5. The molecule has 2 aromatic heterocycles. The number of nitro groups is 1. The molecular formula is C23H19ClN4O3S. The minimum atomic E-state index is -0.405. The molecule has 5 rings (SSSR count). The van der Waals surface area contributed by atoms with E-state index in [4.69, 9.17) is 11.6 Å². The topological polar surface area (TPSA) is 79.6 Å². The molecule has 0 atom stereocenters. The lowest BCUT2D eigenvalue weighted by Gasteiger charge is -2.35. The molecule has 0 radical (unpaired) electrons. The van der Waals surface area contributed by atoms with Crippen LogP contribution < -0.4 is 4.90 Å². The van der Waals surface area contributed by atoms with Gasteiger partial charge in [-0.1, -0.05) is 23.2 Å². The van der Waals surface area contributed by atoms with Crippen molar-refractivity contribution in [2.75, 3.05) is 31.1 Å². The monoisotopic (exact) mass is 466 g/mol. The molecule has 4 aromatic rings. The van der Waals surface area contributed by atoms with Gasteiger partial charge < -0.3 is 9.80 Å². The van der Waals surface area contributed by atoms with Gasteiger partial charge in [0.2, 0.25) is 0 Å². The summed E-state index contributed by atoms with van der Waals surface area (Å²) in [7, 11) is 0. The van der Waals surface area contributed by atoms with Crippen molar-refractivity contribution in [3.63, 3.8) is 0 Å². The second kappa shape index (κ2) is 8.03. The molecule has 0 aliphatic carbocycles. The second-order valence-corrected chi connectivity index (χ2v) is 9.24. The van der Waals surface area contributed by atoms with E-state index in [1.807, 2.05) is 30.0 Å². The molecule has 32 heavy (non-hydrogen) atoms. The lowest BCUT2D eigenvalue weighted by Crippen LogP contribution is -2.48. The fraction of sp³-hybridized carbons (Fsp3) is 0.217. The summed E-state index contributed by atoms with van der Waals surface area (Å²) >= 11 is 7.88.